The molecule has 0 saturated carbocycles. The van der Waals surface area contributed by atoms with Crippen molar-refractivity contribution in [1.82, 2.24) is 0 Å². The molecule has 0 fully saturated rings. The molecule has 0 spiro atoms. The van der Waals surface area contributed by atoms with Gasteiger partial charge in [0, 0.05) is 0 Å². The van der Waals surface area contributed by atoms with Crippen molar-refractivity contribution in [3.8, 4) is 0 Å². The highest BCUT2D eigenvalue weighted by atomic mass is 35.5. The fraction of sp³-hybridized carbons (Fsp3) is 0.400. The minimum absolute atomic E-state index is 0.620. The van der Waals surface area contributed by atoms with E-state index in [0.29, 0.717) is 12.8 Å². The molecule has 0 atom stereocenters. The molecule has 0 amide bonds. The van der Waals surface area contributed by atoms with Crippen LogP contribution >= 0.6 is 11.6 Å². The summed E-state index contributed by atoms with van der Waals surface area (Å²) >= 11 is 4.82. The third-order valence-electron chi connectivity index (χ3n) is 0.503. The Hall–Kier alpha value is -0.0400. The molecule has 0 aromatic heterocycles. The molecule has 2 heteroatoms. The van der Waals surface area contributed by atoms with Gasteiger partial charge in [-0.2, -0.15) is 4.39 Å². The first-order valence-electron chi connectivity index (χ1n) is 2.07. The second-order valence-corrected chi connectivity index (χ2v) is 1.50. The van der Waals surface area contributed by atoms with Crippen LogP contribution in [0.3, 0.4) is 0 Å². The van der Waals surface area contributed by atoms with E-state index in [4.69, 9.17) is 11.6 Å². The summed E-state index contributed by atoms with van der Waals surface area (Å²) in [5.74, 6) is 0. The summed E-state index contributed by atoms with van der Waals surface area (Å²) in [7, 11) is 0. The van der Waals surface area contributed by atoms with Crippen molar-refractivity contribution in [3.63, 3.8) is 0 Å². The van der Waals surface area contributed by atoms with Gasteiger partial charge in [-0.3, -0.25) is 0 Å². The van der Waals surface area contributed by atoms with Crippen LogP contribution < -0.4 is 0 Å². The van der Waals surface area contributed by atoms with Crippen molar-refractivity contribution in [2.45, 2.75) is 12.8 Å². The number of unbranched alkanes of at least 4 members (excludes halogenated alkanes) is 1. The van der Waals surface area contributed by atoms with Crippen LogP contribution in [0.2, 0.25) is 0 Å². The van der Waals surface area contributed by atoms with E-state index in [1.165, 1.54) is 6.08 Å². The van der Waals surface area contributed by atoms with Crippen LogP contribution in [0, 0.1) is 6.92 Å². The monoisotopic (exact) mass is 121 g/mol. The Labute approximate surface area is 48.0 Å². The van der Waals surface area contributed by atoms with Crippen LogP contribution in [-0.4, -0.2) is 0 Å². The number of rotatable bonds is 2. The standard InChI is InChI=1S/C5H7ClF/c1-2-3-4-5(6)7/h4H,1-3H2. The smallest absolute Gasteiger partial charge is 0.185 e. The molecule has 1 radical (unpaired) electrons. The summed E-state index contributed by atoms with van der Waals surface area (Å²) in [4.78, 5) is 0. The summed E-state index contributed by atoms with van der Waals surface area (Å²) in [5.41, 5.74) is 0. The predicted octanol–water partition coefficient (Wildman–Crippen LogP) is 2.65. The molecule has 0 unspecified atom stereocenters. The van der Waals surface area contributed by atoms with Crippen LogP contribution in [0.5, 0.6) is 0 Å². The highest BCUT2D eigenvalue weighted by Crippen LogP contribution is 2.03. The lowest BCUT2D eigenvalue weighted by atomic mass is 10.3. The lowest BCUT2D eigenvalue weighted by Gasteiger charge is -1.79. The van der Waals surface area contributed by atoms with Gasteiger partial charge in [0.25, 0.3) is 0 Å². The van der Waals surface area contributed by atoms with Crippen LogP contribution in [0.25, 0.3) is 0 Å². The van der Waals surface area contributed by atoms with Crippen LogP contribution in [0.4, 0.5) is 4.39 Å². The Kier molecular flexibility index (Phi) is 4.10. The Morgan fingerprint density at radius 3 is 2.57 bits per heavy atom. The molecular formula is C5H7ClF. The predicted molar refractivity (Wildman–Crippen MR) is 29.6 cm³/mol. The van der Waals surface area contributed by atoms with E-state index in [0.717, 1.165) is 0 Å². The quantitative estimate of drug-likeness (QED) is 0.527. The Morgan fingerprint density at radius 2 is 2.43 bits per heavy atom. The van der Waals surface area contributed by atoms with Gasteiger partial charge in [-0.1, -0.05) is 18.5 Å². The molecule has 0 bridgehead atoms. The van der Waals surface area contributed by atoms with Crippen molar-refractivity contribution in [2.75, 3.05) is 0 Å². The van der Waals surface area contributed by atoms with Crippen molar-refractivity contribution >= 4 is 11.6 Å². The SMILES string of the molecule is [CH2]CCC=C(F)Cl. The van der Waals surface area contributed by atoms with Crippen molar-refractivity contribution < 1.29 is 4.39 Å². The van der Waals surface area contributed by atoms with Gasteiger partial charge < -0.3 is 0 Å². The van der Waals surface area contributed by atoms with Gasteiger partial charge >= 0.3 is 0 Å². The first-order chi connectivity index (χ1) is 3.27. The molecule has 0 aliphatic heterocycles. The first-order valence-corrected chi connectivity index (χ1v) is 2.45. The van der Waals surface area contributed by atoms with Gasteiger partial charge in [0.05, 0.1) is 0 Å². The lowest BCUT2D eigenvalue weighted by Crippen LogP contribution is -1.60. The second kappa shape index (κ2) is 4.13. The molecule has 0 nitrogen and oxygen atoms in total. The maximum Gasteiger partial charge on any atom is 0.185 e. The zero-order valence-corrected chi connectivity index (χ0v) is 4.71. The van der Waals surface area contributed by atoms with E-state index < -0.39 is 5.29 Å². The van der Waals surface area contributed by atoms with Crippen LogP contribution in [0.15, 0.2) is 11.4 Å². The van der Waals surface area contributed by atoms with E-state index in [2.05, 4.69) is 6.92 Å². The molecule has 0 rings (SSSR count). The van der Waals surface area contributed by atoms with E-state index in [9.17, 15) is 4.39 Å². The van der Waals surface area contributed by atoms with Crippen LogP contribution in [-0.2, 0) is 0 Å². The number of hydrogen-bond acceptors (Lipinski definition) is 0. The molecule has 0 N–H and O–H groups in total. The largest absolute Gasteiger partial charge is 0.194 e. The summed E-state index contributed by atoms with van der Waals surface area (Å²) in [6.07, 6.45) is 2.62. The summed E-state index contributed by atoms with van der Waals surface area (Å²) < 4.78 is 11.5. The summed E-state index contributed by atoms with van der Waals surface area (Å²) in [6, 6.07) is 0. The zero-order valence-electron chi connectivity index (χ0n) is 3.95. The maximum absolute atomic E-state index is 11.5. The molecular weight excluding hydrogens is 115 g/mol. The van der Waals surface area contributed by atoms with Crippen LogP contribution in [0.1, 0.15) is 12.8 Å². The lowest BCUT2D eigenvalue weighted by molar-refractivity contribution is 0.687. The van der Waals surface area contributed by atoms with Gasteiger partial charge in [0.2, 0.25) is 0 Å². The Bertz CT molecular complexity index is 64.5. The fourth-order valence-electron chi connectivity index (χ4n) is 0.211. The molecule has 0 aliphatic rings. The average Bonchev–Trinajstić information content (AvgIpc) is 1.61. The Balaban J connectivity index is 3.08. The van der Waals surface area contributed by atoms with Gasteiger partial charge in [-0.05, 0) is 18.9 Å². The van der Waals surface area contributed by atoms with Gasteiger partial charge in [-0.15, -0.1) is 0 Å². The fourth-order valence-corrected chi connectivity index (χ4v) is 0.320. The highest BCUT2D eigenvalue weighted by Gasteiger charge is 1.80. The summed E-state index contributed by atoms with van der Waals surface area (Å²) in [5, 5.41) is -0.636. The van der Waals surface area contributed by atoms with Crippen molar-refractivity contribution in [1.29, 1.82) is 0 Å². The minimum atomic E-state index is -0.636. The topological polar surface area (TPSA) is 0 Å². The first kappa shape index (κ1) is 6.96. The molecule has 7 heavy (non-hydrogen) atoms. The van der Waals surface area contributed by atoms with E-state index >= 15 is 0 Å². The third-order valence-corrected chi connectivity index (χ3v) is 0.657. The minimum Gasteiger partial charge on any atom is -0.194 e. The molecule has 0 saturated heterocycles. The maximum atomic E-state index is 11.5. The average molecular weight is 122 g/mol. The second-order valence-electron chi connectivity index (χ2n) is 1.14. The van der Waals surface area contributed by atoms with Crippen molar-refractivity contribution in [2.24, 2.45) is 0 Å². The molecule has 0 heterocycles. The highest BCUT2D eigenvalue weighted by molar-refractivity contribution is 6.28. The number of halogens is 2. The summed E-state index contributed by atoms with van der Waals surface area (Å²) in [6.45, 7) is 3.49. The van der Waals surface area contributed by atoms with E-state index in [-0.39, 0.29) is 0 Å². The zero-order chi connectivity index (χ0) is 5.70. The normalized spacial score (nSPS) is 12.1. The van der Waals surface area contributed by atoms with E-state index in [1.54, 1.807) is 0 Å². The van der Waals surface area contributed by atoms with Gasteiger partial charge in [-0.25, -0.2) is 0 Å². The van der Waals surface area contributed by atoms with Gasteiger partial charge in [0.1, 0.15) is 0 Å². The Morgan fingerprint density at radius 1 is 1.86 bits per heavy atom. The third kappa shape index (κ3) is 5.96. The molecule has 0 aromatic rings. The van der Waals surface area contributed by atoms with E-state index in [1.807, 2.05) is 0 Å². The molecule has 41 valence electrons. The molecule has 0 aromatic carbocycles. The number of hydrogen-bond donors (Lipinski definition) is 0. The molecule has 0 aliphatic carbocycles. The van der Waals surface area contributed by atoms with Crippen molar-refractivity contribution in [3.05, 3.63) is 18.3 Å². The number of allylic oxidation sites excluding steroid dienone is 1. The van der Waals surface area contributed by atoms with Gasteiger partial charge in [0.15, 0.2) is 5.29 Å².